The molecule has 3 unspecified atom stereocenters. The van der Waals surface area contributed by atoms with Gasteiger partial charge in [0.2, 0.25) is 0 Å². The van der Waals surface area contributed by atoms with Gasteiger partial charge in [-0.05, 0) is 66.7 Å². The lowest BCUT2D eigenvalue weighted by Crippen LogP contribution is -2.53. The second kappa shape index (κ2) is 7.34. The van der Waals surface area contributed by atoms with Crippen LogP contribution in [-0.2, 0) is 4.74 Å². The van der Waals surface area contributed by atoms with E-state index in [1.54, 1.807) is 12.1 Å². The molecule has 2 amide bonds. The van der Waals surface area contributed by atoms with Gasteiger partial charge in [-0.15, -0.1) is 0 Å². The van der Waals surface area contributed by atoms with E-state index >= 15 is 0 Å². The summed E-state index contributed by atoms with van der Waals surface area (Å²) in [6, 6.07) is 11.0. The fourth-order valence-corrected chi connectivity index (χ4v) is 4.94. The Hall–Kier alpha value is -2.76. The number of amides is 2. The molecule has 1 aromatic carbocycles. The molecule has 6 heteroatoms. The number of carbonyl (C=O) groups is 2. The first-order valence-electron chi connectivity index (χ1n) is 9.92. The molecule has 0 saturated heterocycles. The lowest BCUT2D eigenvalue weighted by Gasteiger charge is -2.60. The second-order valence-electron chi connectivity index (χ2n) is 8.48. The van der Waals surface area contributed by atoms with Crippen LogP contribution in [0.25, 0.3) is 5.69 Å². The first-order chi connectivity index (χ1) is 13.5. The second-order valence-corrected chi connectivity index (χ2v) is 8.48. The van der Waals surface area contributed by atoms with Crippen molar-refractivity contribution in [2.24, 2.45) is 23.2 Å². The fourth-order valence-electron chi connectivity index (χ4n) is 4.94. The molecule has 3 saturated carbocycles. The standard InChI is InChI=1S/C22H27N3O3/c1-22(2)16-10-9-15(18(22)13-16)14-28-21(27)24-23-20(26)17-7-3-4-8-19(17)25-11-5-6-12-25/h3-8,11-12,15-16,18H,9-10,13-14H2,1-2H3,(H,23,26)(H,24,27). The smallest absolute Gasteiger partial charge is 0.426 e. The summed E-state index contributed by atoms with van der Waals surface area (Å²) in [4.78, 5) is 24.6. The maximum absolute atomic E-state index is 12.5. The molecular weight excluding hydrogens is 354 g/mol. The minimum absolute atomic E-state index is 0.360. The Morgan fingerprint density at radius 3 is 2.57 bits per heavy atom. The molecule has 0 radical (unpaired) electrons. The number of carbonyl (C=O) groups excluding carboxylic acids is 2. The molecule has 148 valence electrons. The predicted octanol–water partition coefficient (Wildman–Crippen LogP) is 3.92. The molecule has 3 atom stereocenters. The minimum atomic E-state index is -0.619. The van der Waals surface area contributed by atoms with Crippen molar-refractivity contribution in [1.29, 1.82) is 0 Å². The van der Waals surface area contributed by atoms with Crippen LogP contribution in [0.3, 0.4) is 0 Å². The van der Waals surface area contributed by atoms with E-state index in [4.69, 9.17) is 4.74 Å². The molecular formula is C22H27N3O3. The van der Waals surface area contributed by atoms with Crippen molar-refractivity contribution in [1.82, 2.24) is 15.4 Å². The number of ether oxygens (including phenoxy) is 1. The monoisotopic (exact) mass is 381 g/mol. The Balaban J connectivity index is 1.29. The van der Waals surface area contributed by atoms with Gasteiger partial charge in [0.15, 0.2) is 0 Å². The Kier molecular flexibility index (Phi) is 4.87. The number of nitrogens with one attached hydrogen (secondary N) is 2. The molecule has 2 N–H and O–H groups in total. The summed E-state index contributed by atoms with van der Waals surface area (Å²) >= 11 is 0. The summed E-state index contributed by atoms with van der Waals surface area (Å²) in [6.07, 6.45) is 6.69. The van der Waals surface area contributed by atoms with Gasteiger partial charge in [0.05, 0.1) is 17.9 Å². The van der Waals surface area contributed by atoms with Gasteiger partial charge < -0.3 is 9.30 Å². The zero-order valence-corrected chi connectivity index (χ0v) is 16.4. The Bertz CT molecular complexity index is 858. The van der Waals surface area contributed by atoms with Crippen LogP contribution in [0, 0.1) is 23.2 Å². The minimum Gasteiger partial charge on any atom is -0.448 e. The number of hydrogen-bond donors (Lipinski definition) is 2. The summed E-state index contributed by atoms with van der Waals surface area (Å²) in [7, 11) is 0. The molecule has 0 spiro atoms. The van der Waals surface area contributed by atoms with Crippen LogP contribution < -0.4 is 10.9 Å². The van der Waals surface area contributed by atoms with E-state index in [0.717, 1.165) is 18.0 Å². The van der Waals surface area contributed by atoms with Crippen molar-refractivity contribution in [3.63, 3.8) is 0 Å². The number of nitrogens with zero attached hydrogens (tertiary/aromatic N) is 1. The van der Waals surface area contributed by atoms with Gasteiger partial charge in [-0.3, -0.25) is 10.2 Å². The molecule has 2 bridgehead atoms. The van der Waals surface area contributed by atoms with Crippen LogP contribution in [0.1, 0.15) is 43.5 Å². The van der Waals surface area contributed by atoms with Crippen molar-refractivity contribution in [3.8, 4) is 5.69 Å². The van der Waals surface area contributed by atoms with Crippen molar-refractivity contribution >= 4 is 12.0 Å². The van der Waals surface area contributed by atoms with Crippen molar-refractivity contribution in [3.05, 3.63) is 54.4 Å². The van der Waals surface area contributed by atoms with E-state index in [-0.39, 0.29) is 5.91 Å². The van der Waals surface area contributed by atoms with Gasteiger partial charge in [-0.1, -0.05) is 26.0 Å². The number of hydrogen-bond acceptors (Lipinski definition) is 3. The van der Waals surface area contributed by atoms with Crippen LogP contribution in [0.4, 0.5) is 4.79 Å². The Morgan fingerprint density at radius 1 is 1.11 bits per heavy atom. The van der Waals surface area contributed by atoms with Crippen molar-refractivity contribution < 1.29 is 14.3 Å². The normalized spacial score (nSPS) is 24.7. The quantitative estimate of drug-likeness (QED) is 0.789. The van der Waals surface area contributed by atoms with E-state index in [1.165, 1.54) is 12.8 Å². The third-order valence-corrected chi connectivity index (χ3v) is 6.74. The lowest BCUT2D eigenvalue weighted by molar-refractivity contribution is -0.117. The molecule has 2 aromatic rings. The first-order valence-corrected chi connectivity index (χ1v) is 9.92. The third kappa shape index (κ3) is 3.39. The predicted molar refractivity (Wildman–Crippen MR) is 106 cm³/mol. The molecule has 1 aromatic heterocycles. The maximum atomic E-state index is 12.5. The van der Waals surface area contributed by atoms with Crippen molar-refractivity contribution in [2.75, 3.05) is 6.61 Å². The number of para-hydroxylation sites is 1. The number of hydrazine groups is 1. The molecule has 3 aliphatic carbocycles. The highest BCUT2D eigenvalue weighted by Crippen LogP contribution is 2.61. The zero-order chi connectivity index (χ0) is 19.7. The largest absolute Gasteiger partial charge is 0.448 e. The van der Waals surface area contributed by atoms with E-state index in [1.807, 2.05) is 41.2 Å². The summed E-state index contributed by atoms with van der Waals surface area (Å²) < 4.78 is 7.24. The van der Waals surface area contributed by atoms with Crippen LogP contribution in [0.2, 0.25) is 0 Å². The number of rotatable bonds is 4. The molecule has 28 heavy (non-hydrogen) atoms. The Morgan fingerprint density at radius 2 is 1.86 bits per heavy atom. The van der Waals surface area contributed by atoms with E-state index in [9.17, 15) is 9.59 Å². The van der Waals surface area contributed by atoms with Crippen LogP contribution >= 0.6 is 0 Å². The summed E-state index contributed by atoms with van der Waals surface area (Å²) in [5.74, 6) is 1.47. The molecule has 0 aliphatic heterocycles. The maximum Gasteiger partial charge on any atom is 0.426 e. The summed E-state index contributed by atoms with van der Waals surface area (Å²) in [6.45, 7) is 5.05. The van der Waals surface area contributed by atoms with Gasteiger partial charge >= 0.3 is 6.09 Å². The molecule has 6 nitrogen and oxygen atoms in total. The Labute approximate surface area is 165 Å². The lowest BCUT2D eigenvalue weighted by atomic mass is 9.46. The number of benzene rings is 1. The summed E-state index contributed by atoms with van der Waals surface area (Å²) in [5.41, 5.74) is 6.39. The van der Waals surface area contributed by atoms with Gasteiger partial charge in [0, 0.05) is 12.4 Å². The van der Waals surface area contributed by atoms with E-state index in [2.05, 4.69) is 24.7 Å². The first kappa shape index (κ1) is 18.6. The number of fused-ring (bicyclic) bond motifs is 2. The molecule has 3 fully saturated rings. The van der Waals surface area contributed by atoms with Gasteiger partial charge in [0.1, 0.15) is 0 Å². The average molecular weight is 381 g/mol. The van der Waals surface area contributed by atoms with Crippen LogP contribution in [0.5, 0.6) is 0 Å². The zero-order valence-electron chi connectivity index (χ0n) is 16.4. The van der Waals surface area contributed by atoms with E-state index in [0.29, 0.717) is 29.4 Å². The fraction of sp³-hybridized carbons (Fsp3) is 0.455. The molecule has 5 rings (SSSR count). The topological polar surface area (TPSA) is 72.4 Å². The van der Waals surface area contributed by atoms with Gasteiger partial charge in [0.25, 0.3) is 5.91 Å². The highest BCUT2D eigenvalue weighted by molar-refractivity contribution is 5.98. The molecule has 3 aliphatic rings. The van der Waals surface area contributed by atoms with E-state index < -0.39 is 6.09 Å². The SMILES string of the molecule is CC1(C)C2CCC(COC(=O)NNC(=O)c3ccccc3-n3cccc3)C1C2. The van der Waals surface area contributed by atoms with Crippen LogP contribution in [0.15, 0.2) is 48.8 Å². The number of aromatic nitrogens is 1. The van der Waals surface area contributed by atoms with Gasteiger partial charge in [-0.2, -0.15) is 0 Å². The highest BCUT2D eigenvalue weighted by atomic mass is 16.6. The molecule has 1 heterocycles. The highest BCUT2D eigenvalue weighted by Gasteiger charge is 2.54. The van der Waals surface area contributed by atoms with Crippen molar-refractivity contribution in [2.45, 2.75) is 33.1 Å². The third-order valence-electron chi connectivity index (χ3n) is 6.74. The average Bonchev–Trinajstić information content (AvgIpc) is 3.25. The van der Waals surface area contributed by atoms with Crippen LogP contribution in [-0.4, -0.2) is 23.2 Å². The summed E-state index contributed by atoms with van der Waals surface area (Å²) in [5, 5.41) is 0. The van der Waals surface area contributed by atoms with Gasteiger partial charge in [-0.25, -0.2) is 10.2 Å².